The summed E-state index contributed by atoms with van der Waals surface area (Å²) in [5.74, 6) is 0.560. The molecule has 3 aromatic rings. The van der Waals surface area contributed by atoms with Crippen molar-refractivity contribution in [1.82, 2.24) is 25.4 Å². The number of piperidine rings is 1. The molecule has 1 aliphatic rings. The van der Waals surface area contributed by atoms with E-state index in [1.165, 1.54) is 5.56 Å². The van der Waals surface area contributed by atoms with E-state index < -0.39 is 0 Å². The minimum absolute atomic E-state index is 0.0317. The Morgan fingerprint density at radius 3 is 2.71 bits per heavy atom. The summed E-state index contributed by atoms with van der Waals surface area (Å²) in [5, 5.41) is 15.0. The van der Waals surface area contributed by atoms with Gasteiger partial charge in [-0.2, -0.15) is 0 Å². The van der Waals surface area contributed by atoms with Crippen LogP contribution in [0.2, 0.25) is 0 Å². The van der Waals surface area contributed by atoms with Crippen LogP contribution in [-0.2, 0) is 16.8 Å². The van der Waals surface area contributed by atoms with Crippen molar-refractivity contribution in [2.45, 2.75) is 45.6 Å². The third-order valence-corrected chi connectivity index (χ3v) is 6.80. The molecule has 4 rings (SSSR count). The molecular formula is C25H31N5O. The fourth-order valence-electron chi connectivity index (χ4n) is 4.53. The molecule has 1 aromatic heterocycles. The maximum atomic E-state index is 12.8. The Bertz CT molecular complexity index is 1000. The number of aromatic nitrogens is 3. The standard InChI is InChI=1S/C25H31N5O/c1-4-24(31)30(18-20-9-6-5-7-10-20)29-14-13-25(3,19(2)17-29)22-12-8-11-21(15-22)23-16-26-28-27-23/h5-12,15-16,19H,4,13-14,17-18H2,1-3H3,(H,26,27,28). The highest BCUT2D eigenvalue weighted by atomic mass is 16.2. The smallest absolute Gasteiger partial charge is 0.236 e. The van der Waals surface area contributed by atoms with Gasteiger partial charge >= 0.3 is 0 Å². The van der Waals surface area contributed by atoms with E-state index in [2.05, 4.69) is 70.7 Å². The molecule has 2 atom stereocenters. The van der Waals surface area contributed by atoms with Crippen LogP contribution < -0.4 is 0 Å². The zero-order chi connectivity index (χ0) is 21.8. The van der Waals surface area contributed by atoms with Crippen molar-refractivity contribution in [2.24, 2.45) is 5.92 Å². The van der Waals surface area contributed by atoms with Crippen LogP contribution in [0.3, 0.4) is 0 Å². The highest BCUT2D eigenvalue weighted by molar-refractivity contribution is 5.75. The number of amides is 1. The molecule has 0 bridgehead atoms. The molecule has 0 aliphatic carbocycles. The maximum absolute atomic E-state index is 12.8. The summed E-state index contributed by atoms with van der Waals surface area (Å²) in [4.78, 5) is 12.8. The molecule has 1 amide bonds. The van der Waals surface area contributed by atoms with Gasteiger partial charge in [-0.15, -0.1) is 5.10 Å². The largest absolute Gasteiger partial charge is 0.273 e. The predicted octanol–water partition coefficient (Wildman–Crippen LogP) is 4.43. The number of nitrogens with one attached hydrogen (secondary N) is 1. The summed E-state index contributed by atoms with van der Waals surface area (Å²) in [6, 6.07) is 18.9. The number of carbonyl (C=O) groups excluding carboxylic acids is 1. The number of hydrazine groups is 1. The van der Waals surface area contributed by atoms with Gasteiger partial charge in [0, 0.05) is 31.3 Å². The lowest BCUT2D eigenvalue weighted by atomic mass is 9.68. The Kier molecular flexibility index (Phi) is 6.18. The molecule has 2 aromatic carbocycles. The Hall–Kier alpha value is -2.99. The maximum Gasteiger partial charge on any atom is 0.236 e. The van der Waals surface area contributed by atoms with E-state index in [1.807, 2.05) is 36.3 Å². The summed E-state index contributed by atoms with van der Waals surface area (Å²) >= 11 is 0. The molecule has 1 saturated heterocycles. The summed E-state index contributed by atoms with van der Waals surface area (Å²) < 4.78 is 0. The van der Waals surface area contributed by atoms with Gasteiger partial charge in [0.15, 0.2) is 0 Å². The van der Waals surface area contributed by atoms with Crippen molar-refractivity contribution in [1.29, 1.82) is 0 Å². The van der Waals surface area contributed by atoms with Crippen LogP contribution in [-0.4, -0.2) is 44.4 Å². The van der Waals surface area contributed by atoms with Gasteiger partial charge in [-0.05, 0) is 34.9 Å². The second-order valence-corrected chi connectivity index (χ2v) is 8.71. The van der Waals surface area contributed by atoms with E-state index in [4.69, 9.17) is 0 Å². The first kappa shape index (κ1) is 21.2. The lowest BCUT2D eigenvalue weighted by Crippen LogP contribution is -2.55. The predicted molar refractivity (Wildman–Crippen MR) is 122 cm³/mol. The molecule has 6 nitrogen and oxygen atoms in total. The van der Waals surface area contributed by atoms with E-state index >= 15 is 0 Å². The second-order valence-electron chi connectivity index (χ2n) is 8.71. The van der Waals surface area contributed by atoms with Crippen molar-refractivity contribution < 1.29 is 4.79 Å². The van der Waals surface area contributed by atoms with Crippen LogP contribution in [0.4, 0.5) is 0 Å². The average molecular weight is 418 g/mol. The van der Waals surface area contributed by atoms with Crippen molar-refractivity contribution in [3.8, 4) is 11.3 Å². The number of hydrogen-bond donors (Lipinski definition) is 1. The van der Waals surface area contributed by atoms with Crippen LogP contribution in [0.15, 0.2) is 60.8 Å². The molecule has 2 heterocycles. The van der Waals surface area contributed by atoms with Gasteiger partial charge < -0.3 is 0 Å². The quantitative estimate of drug-likeness (QED) is 0.645. The van der Waals surface area contributed by atoms with Gasteiger partial charge in [-0.1, -0.05) is 74.5 Å². The van der Waals surface area contributed by atoms with Gasteiger partial charge in [-0.25, -0.2) is 5.01 Å². The lowest BCUT2D eigenvalue weighted by Gasteiger charge is -2.48. The molecule has 0 saturated carbocycles. The number of carbonyl (C=O) groups is 1. The SMILES string of the molecule is CCC(=O)N(Cc1ccccc1)N1CCC(C)(c2cccc(-c3c[nH]nn3)c2)C(C)C1. The first-order valence-electron chi connectivity index (χ1n) is 11.1. The number of aromatic amines is 1. The first-order valence-corrected chi connectivity index (χ1v) is 11.1. The molecular weight excluding hydrogens is 386 g/mol. The van der Waals surface area contributed by atoms with E-state index in [1.54, 1.807) is 0 Å². The van der Waals surface area contributed by atoms with Crippen LogP contribution in [0.5, 0.6) is 0 Å². The van der Waals surface area contributed by atoms with Gasteiger partial charge in [-0.3, -0.25) is 14.9 Å². The highest BCUT2D eigenvalue weighted by Crippen LogP contribution is 2.41. The topological polar surface area (TPSA) is 65.1 Å². The Morgan fingerprint density at radius 1 is 1.23 bits per heavy atom. The Morgan fingerprint density at radius 2 is 2.03 bits per heavy atom. The first-order chi connectivity index (χ1) is 15.0. The third-order valence-electron chi connectivity index (χ3n) is 6.80. The monoisotopic (exact) mass is 417 g/mol. The van der Waals surface area contributed by atoms with Crippen LogP contribution in [0.25, 0.3) is 11.3 Å². The molecule has 1 aliphatic heterocycles. The van der Waals surface area contributed by atoms with E-state index in [0.717, 1.165) is 36.3 Å². The third kappa shape index (κ3) is 4.39. The molecule has 1 N–H and O–H groups in total. The van der Waals surface area contributed by atoms with Gasteiger partial charge in [0.2, 0.25) is 5.91 Å². The van der Waals surface area contributed by atoms with E-state index in [9.17, 15) is 4.79 Å². The highest BCUT2D eigenvalue weighted by Gasteiger charge is 2.40. The number of H-pyrrole nitrogens is 1. The number of rotatable bonds is 6. The van der Waals surface area contributed by atoms with Crippen LogP contribution in [0, 0.1) is 5.92 Å². The van der Waals surface area contributed by atoms with Gasteiger partial charge in [0.05, 0.1) is 6.54 Å². The fourth-order valence-corrected chi connectivity index (χ4v) is 4.53. The van der Waals surface area contributed by atoms with Crippen molar-refractivity contribution in [2.75, 3.05) is 13.1 Å². The molecule has 31 heavy (non-hydrogen) atoms. The number of hydrogen-bond acceptors (Lipinski definition) is 4. The van der Waals surface area contributed by atoms with Crippen molar-refractivity contribution in [3.05, 3.63) is 71.9 Å². The molecule has 0 spiro atoms. The summed E-state index contributed by atoms with van der Waals surface area (Å²) in [7, 11) is 0. The molecule has 162 valence electrons. The molecule has 0 radical (unpaired) electrons. The van der Waals surface area contributed by atoms with Gasteiger partial charge in [0.25, 0.3) is 0 Å². The van der Waals surface area contributed by atoms with Gasteiger partial charge in [0.1, 0.15) is 5.69 Å². The molecule has 6 heteroatoms. The summed E-state index contributed by atoms with van der Waals surface area (Å²) in [6.07, 6.45) is 3.32. The summed E-state index contributed by atoms with van der Waals surface area (Å²) in [6.45, 7) is 8.91. The van der Waals surface area contributed by atoms with E-state index in [-0.39, 0.29) is 11.3 Å². The van der Waals surface area contributed by atoms with Crippen LogP contribution >= 0.6 is 0 Å². The second kappa shape index (κ2) is 9.02. The van der Waals surface area contributed by atoms with Crippen LogP contribution in [0.1, 0.15) is 44.7 Å². The molecule has 1 fully saturated rings. The minimum Gasteiger partial charge on any atom is -0.273 e. The zero-order valence-electron chi connectivity index (χ0n) is 18.6. The molecule has 2 unspecified atom stereocenters. The minimum atomic E-state index is 0.0317. The lowest BCUT2D eigenvalue weighted by molar-refractivity contribution is -0.156. The Labute approximate surface area is 184 Å². The summed E-state index contributed by atoms with van der Waals surface area (Å²) in [5.41, 5.74) is 4.44. The van der Waals surface area contributed by atoms with Crippen molar-refractivity contribution in [3.63, 3.8) is 0 Å². The normalized spacial score (nSPS) is 21.7. The van der Waals surface area contributed by atoms with Crippen molar-refractivity contribution >= 4 is 5.91 Å². The zero-order valence-corrected chi connectivity index (χ0v) is 18.6. The number of benzene rings is 2. The number of nitrogens with zero attached hydrogens (tertiary/aromatic N) is 4. The average Bonchev–Trinajstić information content (AvgIpc) is 3.35. The Balaban J connectivity index is 1.54. The fraction of sp³-hybridized carbons (Fsp3) is 0.400. The van der Waals surface area contributed by atoms with E-state index in [0.29, 0.717) is 18.9 Å².